The molecular weight excluding hydrogens is 210 g/mol. The van der Waals surface area contributed by atoms with Crippen LogP contribution in [0.1, 0.15) is 11.3 Å². The predicted molar refractivity (Wildman–Crippen MR) is 66.6 cm³/mol. The third-order valence-electron chi connectivity index (χ3n) is 2.70. The molecule has 3 rings (SSSR count). The van der Waals surface area contributed by atoms with Crippen LogP contribution in [0.2, 0.25) is 0 Å². The maximum atomic E-state index is 4.30. The largest absolute Gasteiger partial charge is 0.256 e. The molecule has 3 heteroatoms. The lowest BCUT2D eigenvalue weighted by Gasteiger charge is -2.02. The minimum absolute atomic E-state index is 0.827. The Labute approximate surface area is 99.2 Å². The van der Waals surface area contributed by atoms with Gasteiger partial charge in [0, 0.05) is 29.9 Å². The predicted octanol–water partition coefficient (Wildman–Crippen LogP) is 2.62. The Balaban J connectivity index is 1.96. The van der Waals surface area contributed by atoms with Gasteiger partial charge in [0.05, 0.1) is 5.52 Å². The second-order valence-electron chi connectivity index (χ2n) is 3.91. The van der Waals surface area contributed by atoms with Gasteiger partial charge >= 0.3 is 0 Å². The molecular formula is C14H11N3. The molecule has 0 saturated carbocycles. The lowest BCUT2D eigenvalue weighted by molar-refractivity contribution is 1.03. The highest BCUT2D eigenvalue weighted by Gasteiger charge is 1.99. The minimum Gasteiger partial charge on any atom is -0.256 e. The number of aromatic nitrogens is 3. The highest BCUT2D eigenvalue weighted by atomic mass is 14.8. The molecule has 82 valence electrons. The van der Waals surface area contributed by atoms with E-state index in [0.29, 0.717) is 0 Å². The Morgan fingerprint density at radius 2 is 1.94 bits per heavy atom. The van der Waals surface area contributed by atoms with Gasteiger partial charge in [-0.05, 0) is 29.8 Å². The van der Waals surface area contributed by atoms with E-state index in [2.05, 4.69) is 33.2 Å². The second-order valence-corrected chi connectivity index (χ2v) is 3.91. The van der Waals surface area contributed by atoms with Gasteiger partial charge in [-0.2, -0.15) is 0 Å². The lowest BCUT2D eigenvalue weighted by atomic mass is 10.1. The van der Waals surface area contributed by atoms with Crippen molar-refractivity contribution in [2.75, 3.05) is 0 Å². The van der Waals surface area contributed by atoms with Crippen LogP contribution in [-0.2, 0) is 6.42 Å². The van der Waals surface area contributed by atoms with Crippen molar-refractivity contribution < 1.29 is 0 Å². The highest BCUT2D eigenvalue weighted by molar-refractivity contribution is 5.78. The van der Waals surface area contributed by atoms with Gasteiger partial charge in [0.15, 0.2) is 0 Å². The van der Waals surface area contributed by atoms with Crippen molar-refractivity contribution in [1.82, 2.24) is 15.0 Å². The Kier molecular flexibility index (Phi) is 2.50. The summed E-state index contributed by atoms with van der Waals surface area (Å²) in [7, 11) is 0. The molecule has 3 nitrogen and oxygen atoms in total. The third-order valence-corrected chi connectivity index (χ3v) is 2.70. The third kappa shape index (κ3) is 2.13. The summed E-state index contributed by atoms with van der Waals surface area (Å²) in [5.41, 5.74) is 3.30. The van der Waals surface area contributed by atoms with Gasteiger partial charge in [-0.3, -0.25) is 4.98 Å². The molecule has 0 atom stereocenters. The fraction of sp³-hybridized carbons (Fsp3) is 0.0714. The van der Waals surface area contributed by atoms with E-state index in [1.54, 1.807) is 12.5 Å². The van der Waals surface area contributed by atoms with Gasteiger partial charge in [0.2, 0.25) is 0 Å². The molecule has 0 aliphatic carbocycles. The second kappa shape index (κ2) is 4.29. The van der Waals surface area contributed by atoms with E-state index in [1.807, 2.05) is 24.4 Å². The fourth-order valence-electron chi connectivity index (χ4n) is 1.87. The van der Waals surface area contributed by atoms with Crippen LogP contribution in [0.4, 0.5) is 0 Å². The van der Waals surface area contributed by atoms with Gasteiger partial charge in [-0.15, -0.1) is 0 Å². The van der Waals surface area contributed by atoms with Gasteiger partial charge in [0.25, 0.3) is 0 Å². The first-order valence-electron chi connectivity index (χ1n) is 5.50. The SMILES string of the molecule is c1cnc2ccc(Cc3ccncn3)cc2c1. The van der Waals surface area contributed by atoms with Crippen LogP contribution in [0.15, 0.2) is 55.1 Å². The van der Waals surface area contributed by atoms with E-state index in [0.717, 1.165) is 17.6 Å². The minimum atomic E-state index is 0.827. The van der Waals surface area contributed by atoms with Crippen molar-refractivity contribution in [3.8, 4) is 0 Å². The molecule has 0 unspecified atom stereocenters. The van der Waals surface area contributed by atoms with Crippen molar-refractivity contribution in [3.63, 3.8) is 0 Å². The first kappa shape index (κ1) is 9.90. The van der Waals surface area contributed by atoms with Crippen LogP contribution in [0, 0.1) is 0 Å². The Bertz CT molecular complexity index is 635. The van der Waals surface area contributed by atoms with Crippen molar-refractivity contribution in [2.24, 2.45) is 0 Å². The summed E-state index contributed by atoms with van der Waals surface area (Å²) in [6.45, 7) is 0. The number of pyridine rings is 1. The molecule has 0 fully saturated rings. The summed E-state index contributed by atoms with van der Waals surface area (Å²) in [6, 6.07) is 12.3. The molecule has 0 aliphatic rings. The summed E-state index contributed by atoms with van der Waals surface area (Å²) < 4.78 is 0. The first-order chi connectivity index (χ1) is 8.42. The van der Waals surface area contributed by atoms with E-state index < -0.39 is 0 Å². The van der Waals surface area contributed by atoms with Crippen LogP contribution < -0.4 is 0 Å². The molecule has 0 spiro atoms. The van der Waals surface area contributed by atoms with E-state index in [-0.39, 0.29) is 0 Å². The molecule has 2 aromatic heterocycles. The average molecular weight is 221 g/mol. The number of benzene rings is 1. The van der Waals surface area contributed by atoms with Gasteiger partial charge < -0.3 is 0 Å². The van der Waals surface area contributed by atoms with Crippen LogP contribution in [0.3, 0.4) is 0 Å². The molecule has 0 aliphatic heterocycles. The molecule has 1 aromatic carbocycles. The summed E-state index contributed by atoms with van der Waals surface area (Å²) in [6.07, 6.45) is 5.99. The van der Waals surface area contributed by atoms with Crippen molar-refractivity contribution in [2.45, 2.75) is 6.42 Å². The highest BCUT2D eigenvalue weighted by Crippen LogP contribution is 2.15. The van der Waals surface area contributed by atoms with Gasteiger partial charge in [0.1, 0.15) is 6.33 Å². The van der Waals surface area contributed by atoms with Crippen molar-refractivity contribution >= 4 is 10.9 Å². The van der Waals surface area contributed by atoms with E-state index in [9.17, 15) is 0 Å². The van der Waals surface area contributed by atoms with Gasteiger partial charge in [-0.25, -0.2) is 9.97 Å². The number of hydrogen-bond acceptors (Lipinski definition) is 3. The zero-order chi connectivity index (χ0) is 11.5. The van der Waals surface area contributed by atoms with Crippen LogP contribution in [0.25, 0.3) is 10.9 Å². The van der Waals surface area contributed by atoms with E-state index in [4.69, 9.17) is 0 Å². The Hall–Kier alpha value is -2.29. The number of rotatable bonds is 2. The van der Waals surface area contributed by atoms with Crippen molar-refractivity contribution in [1.29, 1.82) is 0 Å². The maximum absolute atomic E-state index is 4.30. The normalized spacial score (nSPS) is 10.6. The zero-order valence-electron chi connectivity index (χ0n) is 9.24. The summed E-state index contributed by atoms with van der Waals surface area (Å²) in [4.78, 5) is 12.4. The first-order valence-corrected chi connectivity index (χ1v) is 5.50. The standard InChI is InChI=1S/C14H11N3/c1-2-12-8-11(3-4-14(12)16-6-1)9-13-5-7-15-10-17-13/h1-8,10H,9H2. The quantitative estimate of drug-likeness (QED) is 0.667. The molecule has 0 amide bonds. The lowest BCUT2D eigenvalue weighted by Crippen LogP contribution is -1.92. The number of nitrogens with zero attached hydrogens (tertiary/aromatic N) is 3. The molecule has 0 bridgehead atoms. The molecule has 0 N–H and O–H groups in total. The smallest absolute Gasteiger partial charge is 0.115 e. The summed E-state index contributed by atoms with van der Waals surface area (Å²) >= 11 is 0. The van der Waals surface area contributed by atoms with Crippen molar-refractivity contribution in [3.05, 3.63) is 66.4 Å². The molecule has 0 saturated heterocycles. The van der Waals surface area contributed by atoms with Crippen LogP contribution in [0.5, 0.6) is 0 Å². The summed E-state index contributed by atoms with van der Waals surface area (Å²) in [5, 5.41) is 1.17. The maximum Gasteiger partial charge on any atom is 0.115 e. The van der Waals surface area contributed by atoms with Crippen LogP contribution >= 0.6 is 0 Å². The van der Waals surface area contributed by atoms with Gasteiger partial charge in [-0.1, -0.05) is 12.1 Å². The summed E-state index contributed by atoms with van der Waals surface area (Å²) in [5.74, 6) is 0. The Morgan fingerprint density at radius 1 is 0.941 bits per heavy atom. The van der Waals surface area contributed by atoms with E-state index in [1.165, 1.54) is 10.9 Å². The Morgan fingerprint density at radius 3 is 2.82 bits per heavy atom. The number of hydrogen-bond donors (Lipinski definition) is 0. The molecule has 3 aromatic rings. The molecule has 2 heterocycles. The number of fused-ring (bicyclic) bond motifs is 1. The topological polar surface area (TPSA) is 38.7 Å². The molecule has 0 radical (unpaired) electrons. The molecule has 17 heavy (non-hydrogen) atoms. The monoisotopic (exact) mass is 221 g/mol. The fourth-order valence-corrected chi connectivity index (χ4v) is 1.87. The van der Waals surface area contributed by atoms with E-state index >= 15 is 0 Å². The average Bonchev–Trinajstić information content (AvgIpc) is 2.40. The van der Waals surface area contributed by atoms with Crippen LogP contribution in [-0.4, -0.2) is 15.0 Å². The zero-order valence-corrected chi connectivity index (χ0v) is 9.24.